The monoisotopic (exact) mass is 898 g/mol. The van der Waals surface area contributed by atoms with E-state index >= 15 is 0 Å². The quantitative estimate of drug-likeness (QED) is 0.137. The van der Waals surface area contributed by atoms with Crippen LogP contribution in [0, 0.1) is 0 Å². The molecule has 0 spiro atoms. The Labute approximate surface area is 406 Å². The number of pyridine rings is 1. The van der Waals surface area contributed by atoms with Crippen molar-refractivity contribution < 1.29 is 4.74 Å². The second-order valence-electron chi connectivity index (χ2n) is 20.6. The number of rotatable bonds is 10. The van der Waals surface area contributed by atoms with Gasteiger partial charge >= 0.3 is 0 Å². The van der Waals surface area contributed by atoms with Crippen LogP contribution >= 0.6 is 0 Å². The van der Waals surface area contributed by atoms with E-state index in [2.05, 4.69) is 269 Å². The minimum atomic E-state index is -0.234. The largest absolute Gasteiger partial charge is 0.457 e. The molecule has 1 aliphatic rings. The van der Waals surface area contributed by atoms with E-state index in [0.717, 1.165) is 45.1 Å². The number of nitrogens with zero attached hydrogens (tertiary/aromatic N) is 4. The fourth-order valence-corrected chi connectivity index (χ4v) is 10.2. The molecule has 0 saturated carbocycles. The molecule has 11 rings (SSSR count). The van der Waals surface area contributed by atoms with Gasteiger partial charge in [-0.1, -0.05) is 176 Å². The van der Waals surface area contributed by atoms with Crippen molar-refractivity contribution in [1.82, 2.24) is 9.55 Å². The third kappa shape index (κ3) is 8.02. The number of benzene rings is 8. The van der Waals surface area contributed by atoms with Crippen molar-refractivity contribution in [3.8, 4) is 28.4 Å². The molecule has 0 fully saturated rings. The molecule has 0 N–H and O–H groups in total. The average Bonchev–Trinajstić information content (AvgIpc) is 3.93. The molecule has 0 unspecified atom stereocenters. The van der Waals surface area contributed by atoms with Crippen molar-refractivity contribution in [2.75, 3.05) is 16.5 Å². The van der Waals surface area contributed by atoms with E-state index in [-0.39, 0.29) is 16.2 Å². The SMILES string of the molecule is CC(C)(C)c1ccc2c(c1)N(c1cccc(Oc3ccc4c5ccccc5n(-c5cc(C(C)(C)c6ccccc6)ccn5)c4c3)c1)CN2c1cc(-c2ccccc2)cc(C(C)(C)c2ccccc2)c1. The van der Waals surface area contributed by atoms with Crippen molar-refractivity contribution in [2.45, 2.75) is 64.7 Å². The van der Waals surface area contributed by atoms with E-state index in [0.29, 0.717) is 6.67 Å². The van der Waals surface area contributed by atoms with E-state index in [1.54, 1.807) is 0 Å². The predicted octanol–water partition coefficient (Wildman–Crippen LogP) is 16.8. The second-order valence-corrected chi connectivity index (χ2v) is 20.6. The summed E-state index contributed by atoms with van der Waals surface area (Å²) >= 11 is 0. The van der Waals surface area contributed by atoms with Gasteiger partial charge in [0.25, 0.3) is 0 Å². The van der Waals surface area contributed by atoms with Crippen LogP contribution in [0.4, 0.5) is 22.7 Å². The van der Waals surface area contributed by atoms with Gasteiger partial charge in [-0.05, 0) is 111 Å². The van der Waals surface area contributed by atoms with Crippen LogP contribution in [0.1, 0.15) is 76.3 Å². The Kier molecular flexibility index (Phi) is 10.8. The smallest absolute Gasteiger partial charge is 0.137 e. The Hall–Kier alpha value is -7.89. The average molecular weight is 899 g/mol. The first-order valence-corrected chi connectivity index (χ1v) is 24.1. The highest BCUT2D eigenvalue weighted by atomic mass is 16.5. The summed E-state index contributed by atoms with van der Waals surface area (Å²) in [5, 5.41) is 2.32. The van der Waals surface area contributed by atoms with Crippen molar-refractivity contribution in [2.24, 2.45) is 0 Å². The van der Waals surface area contributed by atoms with Gasteiger partial charge in [-0.25, -0.2) is 4.98 Å². The highest BCUT2D eigenvalue weighted by Gasteiger charge is 2.33. The number of ether oxygens (including phenoxy) is 1. The van der Waals surface area contributed by atoms with Gasteiger partial charge in [-0.2, -0.15) is 0 Å². The van der Waals surface area contributed by atoms with Gasteiger partial charge in [-0.3, -0.25) is 4.57 Å². The summed E-state index contributed by atoms with van der Waals surface area (Å²) in [5.41, 5.74) is 14.9. The summed E-state index contributed by atoms with van der Waals surface area (Å²) in [6.45, 7) is 16.7. The van der Waals surface area contributed by atoms with E-state index in [4.69, 9.17) is 9.72 Å². The molecule has 69 heavy (non-hydrogen) atoms. The Morgan fingerprint density at radius 2 is 1.04 bits per heavy atom. The van der Waals surface area contributed by atoms with Crippen LogP contribution < -0.4 is 14.5 Å². The van der Waals surface area contributed by atoms with Gasteiger partial charge < -0.3 is 14.5 Å². The number of anilines is 4. The normalized spacial score (nSPS) is 13.0. The maximum Gasteiger partial charge on any atom is 0.137 e. The molecule has 1 aliphatic heterocycles. The number of hydrogen-bond donors (Lipinski definition) is 0. The third-order valence-electron chi connectivity index (χ3n) is 14.5. The zero-order valence-corrected chi connectivity index (χ0v) is 40.6. The molecular weight excluding hydrogens is 841 g/mol. The highest BCUT2D eigenvalue weighted by molar-refractivity contribution is 6.09. The van der Waals surface area contributed by atoms with Crippen LogP contribution in [0.5, 0.6) is 11.5 Å². The van der Waals surface area contributed by atoms with E-state index in [9.17, 15) is 0 Å². The minimum absolute atomic E-state index is 0.0325. The summed E-state index contributed by atoms with van der Waals surface area (Å²) in [7, 11) is 0. The van der Waals surface area contributed by atoms with Crippen molar-refractivity contribution in [3.63, 3.8) is 0 Å². The lowest BCUT2D eigenvalue weighted by molar-refractivity contribution is 0.483. The van der Waals surface area contributed by atoms with Crippen LogP contribution in [0.15, 0.2) is 212 Å². The van der Waals surface area contributed by atoms with E-state index < -0.39 is 0 Å². The Morgan fingerprint density at radius 1 is 0.406 bits per heavy atom. The number of fused-ring (bicyclic) bond motifs is 4. The first kappa shape index (κ1) is 43.7. The maximum absolute atomic E-state index is 6.87. The zero-order valence-electron chi connectivity index (χ0n) is 40.6. The van der Waals surface area contributed by atoms with Gasteiger partial charge in [0.2, 0.25) is 0 Å². The summed E-state index contributed by atoms with van der Waals surface area (Å²) in [5.74, 6) is 2.40. The number of hydrogen-bond acceptors (Lipinski definition) is 4. The summed E-state index contributed by atoms with van der Waals surface area (Å²) in [6.07, 6.45) is 1.94. The van der Waals surface area contributed by atoms with E-state index in [1.807, 2.05) is 6.20 Å². The molecule has 0 amide bonds. The standard InChI is InChI=1S/C64H58N4O/c1-62(2,3)48-30-33-58-60(39-48)66(43-67(58)52-37-45(44-20-11-8-12-21-44)36-50(38-52)64(6,7)47-24-15-10-16-25-47)51-26-19-27-53(41-51)69-54-31-32-56-55-28-17-18-29-57(55)68(59(56)42-54)61-40-49(34-35-65-61)63(4,5)46-22-13-9-14-23-46/h8-42H,43H2,1-7H3. The fraction of sp³-hybridized carbons (Fsp3) is 0.172. The molecule has 2 aromatic heterocycles. The van der Waals surface area contributed by atoms with Crippen LogP contribution in [-0.2, 0) is 16.2 Å². The van der Waals surface area contributed by atoms with Gasteiger partial charge in [0.1, 0.15) is 24.0 Å². The molecule has 0 bridgehead atoms. The lowest BCUT2D eigenvalue weighted by atomic mass is 9.77. The highest BCUT2D eigenvalue weighted by Crippen LogP contribution is 2.49. The van der Waals surface area contributed by atoms with Gasteiger partial charge in [0.15, 0.2) is 0 Å². The first-order chi connectivity index (χ1) is 33.3. The lowest BCUT2D eigenvalue weighted by Crippen LogP contribution is -2.25. The molecule has 0 atom stereocenters. The van der Waals surface area contributed by atoms with Crippen LogP contribution in [0.25, 0.3) is 38.8 Å². The Balaban J connectivity index is 0.973. The van der Waals surface area contributed by atoms with Crippen molar-refractivity contribution in [1.29, 1.82) is 0 Å². The fourth-order valence-electron chi connectivity index (χ4n) is 10.2. The summed E-state index contributed by atoms with van der Waals surface area (Å²) in [4.78, 5) is 9.90. The van der Waals surface area contributed by atoms with E-state index in [1.165, 1.54) is 55.7 Å². The van der Waals surface area contributed by atoms with Crippen LogP contribution in [-0.4, -0.2) is 16.2 Å². The molecular formula is C64H58N4O. The minimum Gasteiger partial charge on any atom is -0.457 e. The van der Waals surface area contributed by atoms with Crippen molar-refractivity contribution >= 4 is 44.6 Å². The van der Waals surface area contributed by atoms with Gasteiger partial charge in [0, 0.05) is 51.3 Å². The topological polar surface area (TPSA) is 33.5 Å². The summed E-state index contributed by atoms with van der Waals surface area (Å²) < 4.78 is 9.15. The molecule has 0 aliphatic carbocycles. The number of para-hydroxylation sites is 1. The molecule has 10 aromatic rings. The van der Waals surface area contributed by atoms with Crippen LogP contribution in [0.3, 0.4) is 0 Å². The zero-order chi connectivity index (χ0) is 47.5. The van der Waals surface area contributed by atoms with Crippen molar-refractivity contribution in [3.05, 3.63) is 240 Å². The van der Waals surface area contributed by atoms with Gasteiger partial charge in [0.05, 0.1) is 22.4 Å². The first-order valence-electron chi connectivity index (χ1n) is 24.1. The molecule has 0 radical (unpaired) electrons. The Morgan fingerprint density at radius 3 is 1.77 bits per heavy atom. The molecule has 8 aromatic carbocycles. The van der Waals surface area contributed by atoms with Gasteiger partial charge in [-0.15, -0.1) is 0 Å². The molecule has 5 nitrogen and oxygen atoms in total. The summed E-state index contributed by atoms with van der Waals surface area (Å²) in [6, 6.07) is 74.4. The predicted molar refractivity (Wildman–Crippen MR) is 288 cm³/mol. The lowest BCUT2D eigenvalue weighted by Gasteiger charge is -2.29. The maximum atomic E-state index is 6.87. The molecule has 0 saturated heterocycles. The number of aromatic nitrogens is 2. The molecule has 340 valence electrons. The van der Waals surface area contributed by atoms with Crippen LogP contribution in [0.2, 0.25) is 0 Å². The molecule has 3 heterocycles. The Bertz CT molecular complexity index is 3490. The second kappa shape index (κ2) is 17.0. The third-order valence-corrected chi connectivity index (χ3v) is 14.5. The molecule has 5 heteroatoms.